The predicted molar refractivity (Wildman–Crippen MR) is 70.2 cm³/mol. The van der Waals surface area contributed by atoms with Crippen LogP contribution in [0, 0.1) is 5.92 Å². The van der Waals surface area contributed by atoms with Gasteiger partial charge in [-0.2, -0.15) is 0 Å². The third kappa shape index (κ3) is 4.43. The topological polar surface area (TPSA) is 54.0 Å². The number of hydrogen-bond acceptors (Lipinski definition) is 3. The molecule has 4 heteroatoms. The van der Waals surface area contributed by atoms with Crippen molar-refractivity contribution < 1.29 is 4.79 Å². The van der Waals surface area contributed by atoms with Gasteiger partial charge in [0.05, 0.1) is 5.56 Å². The molecule has 0 saturated heterocycles. The van der Waals surface area contributed by atoms with Crippen molar-refractivity contribution in [2.24, 2.45) is 5.92 Å². The van der Waals surface area contributed by atoms with Crippen LogP contribution in [0.15, 0.2) is 18.3 Å². The van der Waals surface area contributed by atoms with Gasteiger partial charge in [0.1, 0.15) is 5.82 Å². The van der Waals surface area contributed by atoms with Crippen LogP contribution >= 0.6 is 0 Å². The number of aromatic nitrogens is 1. The van der Waals surface area contributed by atoms with Gasteiger partial charge in [-0.3, -0.25) is 4.79 Å². The average Bonchev–Trinajstić information content (AvgIpc) is 2.33. The Morgan fingerprint density at radius 3 is 2.88 bits per heavy atom. The van der Waals surface area contributed by atoms with Gasteiger partial charge in [0.25, 0.3) is 5.91 Å². The maximum Gasteiger partial charge on any atom is 0.255 e. The van der Waals surface area contributed by atoms with Crippen LogP contribution in [0.1, 0.15) is 37.6 Å². The van der Waals surface area contributed by atoms with Crippen molar-refractivity contribution in [3.63, 3.8) is 0 Å². The lowest BCUT2D eigenvalue weighted by Crippen LogP contribution is -2.28. The predicted octanol–water partition coefficient (Wildman–Crippen LogP) is 2.29. The number of pyridine rings is 1. The molecule has 0 aliphatic carbocycles. The first kappa shape index (κ1) is 13.5. The SMILES string of the molecule is CCCNc1ncccc1C(=O)NCC(C)C. The van der Waals surface area contributed by atoms with Crippen LogP contribution < -0.4 is 10.6 Å². The highest BCUT2D eigenvalue weighted by molar-refractivity contribution is 5.98. The smallest absolute Gasteiger partial charge is 0.255 e. The summed E-state index contributed by atoms with van der Waals surface area (Å²) in [6, 6.07) is 3.57. The molecule has 0 bridgehead atoms. The zero-order valence-electron chi connectivity index (χ0n) is 10.8. The van der Waals surface area contributed by atoms with Crippen molar-refractivity contribution in [1.29, 1.82) is 0 Å². The van der Waals surface area contributed by atoms with Gasteiger partial charge in [-0.25, -0.2) is 4.98 Å². The van der Waals surface area contributed by atoms with E-state index in [1.54, 1.807) is 18.3 Å². The van der Waals surface area contributed by atoms with E-state index in [4.69, 9.17) is 0 Å². The largest absolute Gasteiger partial charge is 0.369 e. The minimum atomic E-state index is -0.0644. The van der Waals surface area contributed by atoms with Gasteiger partial charge in [-0.15, -0.1) is 0 Å². The van der Waals surface area contributed by atoms with Crippen molar-refractivity contribution in [1.82, 2.24) is 10.3 Å². The molecule has 1 rings (SSSR count). The first-order chi connectivity index (χ1) is 8.15. The molecule has 1 aromatic rings. The fraction of sp³-hybridized carbons (Fsp3) is 0.538. The second-order valence-corrected chi connectivity index (χ2v) is 4.43. The normalized spacial score (nSPS) is 10.4. The Balaban J connectivity index is 2.70. The number of anilines is 1. The summed E-state index contributed by atoms with van der Waals surface area (Å²) in [6.45, 7) is 7.72. The molecular formula is C13H21N3O. The summed E-state index contributed by atoms with van der Waals surface area (Å²) in [6.07, 6.45) is 2.70. The lowest BCUT2D eigenvalue weighted by Gasteiger charge is -2.11. The van der Waals surface area contributed by atoms with Crippen molar-refractivity contribution >= 4 is 11.7 Å². The lowest BCUT2D eigenvalue weighted by molar-refractivity contribution is 0.0949. The van der Waals surface area contributed by atoms with E-state index in [1.807, 2.05) is 0 Å². The molecule has 0 aromatic carbocycles. The fourth-order valence-electron chi connectivity index (χ4n) is 1.36. The Kier molecular flexibility index (Phi) is 5.46. The molecule has 0 saturated carbocycles. The number of nitrogens with zero attached hydrogens (tertiary/aromatic N) is 1. The Morgan fingerprint density at radius 1 is 1.47 bits per heavy atom. The summed E-state index contributed by atoms with van der Waals surface area (Å²) < 4.78 is 0. The monoisotopic (exact) mass is 235 g/mol. The molecule has 0 spiro atoms. The highest BCUT2D eigenvalue weighted by atomic mass is 16.1. The van der Waals surface area contributed by atoms with Crippen LogP contribution in [0.25, 0.3) is 0 Å². The highest BCUT2D eigenvalue weighted by Crippen LogP contribution is 2.11. The molecule has 2 N–H and O–H groups in total. The zero-order valence-corrected chi connectivity index (χ0v) is 10.8. The maximum atomic E-state index is 11.9. The summed E-state index contributed by atoms with van der Waals surface area (Å²) in [5.41, 5.74) is 0.613. The van der Waals surface area contributed by atoms with E-state index in [2.05, 4.69) is 36.4 Å². The molecule has 0 aliphatic heterocycles. The Hall–Kier alpha value is -1.58. The van der Waals surface area contributed by atoms with Gasteiger partial charge < -0.3 is 10.6 Å². The molecule has 1 heterocycles. The van der Waals surface area contributed by atoms with E-state index in [-0.39, 0.29) is 5.91 Å². The maximum absolute atomic E-state index is 11.9. The lowest BCUT2D eigenvalue weighted by atomic mass is 10.2. The summed E-state index contributed by atoms with van der Waals surface area (Å²) in [4.78, 5) is 16.1. The number of amides is 1. The van der Waals surface area contributed by atoms with Crippen LogP contribution in [0.3, 0.4) is 0 Å². The standard InChI is InChI=1S/C13H21N3O/c1-4-7-14-12-11(6-5-8-15-12)13(17)16-9-10(2)3/h5-6,8,10H,4,7,9H2,1-3H3,(H,14,15)(H,16,17). The second kappa shape index (κ2) is 6.89. The van der Waals surface area contributed by atoms with Crippen LogP contribution in [0.4, 0.5) is 5.82 Å². The molecule has 0 aliphatic rings. The van der Waals surface area contributed by atoms with Crippen LogP contribution in [0.5, 0.6) is 0 Å². The van der Waals surface area contributed by atoms with Gasteiger partial charge in [0, 0.05) is 19.3 Å². The van der Waals surface area contributed by atoms with E-state index >= 15 is 0 Å². The van der Waals surface area contributed by atoms with Crippen LogP contribution in [0.2, 0.25) is 0 Å². The zero-order chi connectivity index (χ0) is 12.7. The van der Waals surface area contributed by atoms with E-state index in [1.165, 1.54) is 0 Å². The average molecular weight is 235 g/mol. The molecule has 0 radical (unpaired) electrons. The number of hydrogen-bond donors (Lipinski definition) is 2. The first-order valence-electron chi connectivity index (χ1n) is 6.12. The van der Waals surface area contributed by atoms with Crippen molar-refractivity contribution in [2.75, 3.05) is 18.4 Å². The van der Waals surface area contributed by atoms with Crippen LogP contribution in [-0.4, -0.2) is 24.0 Å². The molecule has 94 valence electrons. The Bertz CT molecular complexity index is 363. The molecule has 17 heavy (non-hydrogen) atoms. The van der Waals surface area contributed by atoms with E-state index < -0.39 is 0 Å². The first-order valence-corrected chi connectivity index (χ1v) is 6.12. The summed E-state index contributed by atoms with van der Waals surface area (Å²) >= 11 is 0. The summed E-state index contributed by atoms with van der Waals surface area (Å²) in [5.74, 6) is 1.05. The van der Waals surface area contributed by atoms with E-state index in [0.717, 1.165) is 13.0 Å². The van der Waals surface area contributed by atoms with Gasteiger partial charge in [0.2, 0.25) is 0 Å². The Labute approximate surface area is 103 Å². The number of rotatable bonds is 6. The fourth-order valence-corrected chi connectivity index (χ4v) is 1.36. The van der Waals surface area contributed by atoms with Crippen molar-refractivity contribution in [3.05, 3.63) is 23.9 Å². The molecular weight excluding hydrogens is 214 g/mol. The van der Waals surface area contributed by atoms with Gasteiger partial charge in [0.15, 0.2) is 0 Å². The molecule has 0 unspecified atom stereocenters. The molecule has 4 nitrogen and oxygen atoms in total. The quantitative estimate of drug-likeness (QED) is 0.795. The summed E-state index contributed by atoms with van der Waals surface area (Å²) in [7, 11) is 0. The number of carbonyl (C=O) groups is 1. The second-order valence-electron chi connectivity index (χ2n) is 4.43. The molecule has 0 atom stereocenters. The molecule has 0 fully saturated rings. The third-order valence-corrected chi connectivity index (χ3v) is 2.27. The van der Waals surface area contributed by atoms with Gasteiger partial charge in [-0.1, -0.05) is 20.8 Å². The van der Waals surface area contributed by atoms with E-state index in [0.29, 0.717) is 23.8 Å². The van der Waals surface area contributed by atoms with Crippen molar-refractivity contribution in [2.45, 2.75) is 27.2 Å². The van der Waals surface area contributed by atoms with Gasteiger partial charge >= 0.3 is 0 Å². The number of nitrogens with one attached hydrogen (secondary N) is 2. The number of carbonyl (C=O) groups excluding carboxylic acids is 1. The molecule has 1 aromatic heterocycles. The molecule has 1 amide bonds. The Morgan fingerprint density at radius 2 is 2.24 bits per heavy atom. The minimum Gasteiger partial charge on any atom is -0.369 e. The third-order valence-electron chi connectivity index (χ3n) is 2.27. The summed E-state index contributed by atoms with van der Waals surface area (Å²) in [5, 5.41) is 6.06. The van der Waals surface area contributed by atoms with Crippen LogP contribution in [-0.2, 0) is 0 Å². The van der Waals surface area contributed by atoms with Gasteiger partial charge in [-0.05, 0) is 24.5 Å². The van der Waals surface area contributed by atoms with Crippen molar-refractivity contribution in [3.8, 4) is 0 Å². The highest BCUT2D eigenvalue weighted by Gasteiger charge is 2.11. The van der Waals surface area contributed by atoms with E-state index in [9.17, 15) is 4.79 Å². The minimum absolute atomic E-state index is 0.0644.